The molecule has 61 heavy (non-hydrogen) atoms. The number of carbonyl (C=O) groups excluding carboxylic acids is 3. The molecule has 1 aliphatic carbocycles. The van der Waals surface area contributed by atoms with Gasteiger partial charge in [-0.05, 0) is 107 Å². The van der Waals surface area contributed by atoms with Crippen LogP contribution in [0.5, 0.6) is 5.75 Å². The van der Waals surface area contributed by atoms with E-state index in [2.05, 4.69) is 61.5 Å². The Hall–Kier alpha value is -5.67. The molecular weight excluding hydrogens is 775 g/mol. The molecule has 3 saturated heterocycles. The van der Waals surface area contributed by atoms with E-state index in [0.717, 1.165) is 117 Å². The monoisotopic (exact) mass is 829 g/mol. The zero-order valence-corrected chi connectivity index (χ0v) is 35.1. The predicted molar refractivity (Wildman–Crippen MR) is 234 cm³/mol. The number of nitrogens with one attached hydrogen (secondary N) is 2. The van der Waals surface area contributed by atoms with Crippen LogP contribution in [0.1, 0.15) is 80.2 Å². The molecule has 6 heterocycles. The van der Waals surface area contributed by atoms with E-state index in [1.165, 1.54) is 0 Å². The molecule has 0 radical (unpaired) electrons. The Labute approximate surface area is 354 Å². The average Bonchev–Trinajstić information content (AvgIpc) is 3.98. The highest BCUT2D eigenvalue weighted by Crippen LogP contribution is 2.38. The number of fused-ring (bicyclic) bond motifs is 8. The van der Waals surface area contributed by atoms with Crippen molar-refractivity contribution >= 4 is 56.7 Å². The van der Waals surface area contributed by atoms with Crippen LogP contribution in [0, 0.1) is 5.92 Å². The number of carbonyl (C=O) groups is 3. The Morgan fingerprint density at radius 1 is 0.836 bits per heavy atom. The lowest BCUT2D eigenvalue weighted by molar-refractivity contribution is -0.135. The summed E-state index contributed by atoms with van der Waals surface area (Å²) in [7, 11) is 4.05. The van der Waals surface area contributed by atoms with Crippen molar-refractivity contribution in [3.05, 3.63) is 76.8 Å². The highest BCUT2D eigenvalue weighted by molar-refractivity contribution is 6.08. The molecule has 1 unspecified atom stereocenters. The van der Waals surface area contributed by atoms with Crippen LogP contribution in [0.3, 0.4) is 0 Å². The van der Waals surface area contributed by atoms with Crippen LogP contribution in [0.15, 0.2) is 65.6 Å². The largest absolute Gasteiger partial charge is 0.491 e. The van der Waals surface area contributed by atoms with Gasteiger partial charge in [0.05, 0.1) is 52.4 Å². The van der Waals surface area contributed by atoms with Crippen molar-refractivity contribution < 1.29 is 23.9 Å². The molecule has 2 aromatic heterocycles. The molecule has 1 saturated carbocycles. The third-order valence-electron chi connectivity index (χ3n) is 13.9. The second-order valence-electron chi connectivity index (χ2n) is 17.8. The zero-order chi connectivity index (χ0) is 41.8. The van der Waals surface area contributed by atoms with Crippen molar-refractivity contribution in [3.63, 3.8) is 0 Å². The molecule has 4 aliphatic heterocycles. The molecule has 15 nitrogen and oxygen atoms in total. The minimum Gasteiger partial charge on any atom is -0.491 e. The van der Waals surface area contributed by atoms with Gasteiger partial charge in [-0.25, -0.2) is 4.79 Å². The first-order valence-corrected chi connectivity index (χ1v) is 22.1. The van der Waals surface area contributed by atoms with Crippen molar-refractivity contribution in [2.24, 2.45) is 13.0 Å². The summed E-state index contributed by atoms with van der Waals surface area (Å²) in [6.07, 6.45) is 10.2. The molecular formula is C46H55N9O6. The number of amides is 3. The molecule has 3 aromatic carbocycles. The maximum atomic E-state index is 13.5. The summed E-state index contributed by atoms with van der Waals surface area (Å²) < 4.78 is 17.5. The number of imide groups is 1. The summed E-state index contributed by atoms with van der Waals surface area (Å²) in [5.41, 5.74) is 5.58. The first-order valence-electron chi connectivity index (χ1n) is 22.1. The summed E-state index contributed by atoms with van der Waals surface area (Å²) in [5.74, 6) is 0.407. The Morgan fingerprint density at radius 3 is 2.46 bits per heavy atom. The number of anilines is 3. The first kappa shape index (κ1) is 39.5. The fourth-order valence-electron chi connectivity index (χ4n) is 10.6. The molecule has 15 heteroatoms. The molecule has 3 amide bonds. The quantitative estimate of drug-likeness (QED) is 0.218. The Bertz CT molecular complexity index is 2550. The fraction of sp³-hybridized carbons (Fsp3) is 0.500. The van der Waals surface area contributed by atoms with Gasteiger partial charge in [0.1, 0.15) is 18.4 Å². The standard InChI is InChI=1S/C46H55N9O6/c1-50(32-15-18-52(19-16-32)38-7-4-8-39-43(38)51(2)46(59)55(39)40-13-14-42(56)48-45(40)58)26-29-9-11-33(12-10-29)54-27-31-24-37-41(25-36(31)49-54)53-20-17-35(28-53)61-22-21-60-34-6-3-5-30(23-34)44(57)47-37/h3-8,23-25,27,29,32-33,35,40H,9-22,26,28H2,1-2H3,(H,47,57)(H,48,56,58)/t29?,33?,35-,40?/m0/s1. The molecule has 4 fully saturated rings. The summed E-state index contributed by atoms with van der Waals surface area (Å²) in [6, 6.07) is 17.6. The van der Waals surface area contributed by atoms with Crippen LogP contribution < -0.4 is 30.9 Å². The molecule has 0 spiro atoms. The van der Waals surface area contributed by atoms with Crippen molar-refractivity contribution in [1.29, 1.82) is 0 Å². The third-order valence-corrected chi connectivity index (χ3v) is 13.9. The Kier molecular flexibility index (Phi) is 10.6. The summed E-state index contributed by atoms with van der Waals surface area (Å²) in [6.45, 7) is 5.36. The number of imidazole rings is 1. The van der Waals surface area contributed by atoms with Gasteiger partial charge in [-0.2, -0.15) is 5.10 Å². The van der Waals surface area contributed by atoms with Crippen molar-refractivity contribution in [1.82, 2.24) is 29.1 Å². The topological polar surface area (TPSA) is 148 Å². The number of nitrogens with zero attached hydrogens (tertiary/aromatic N) is 7. The smallest absolute Gasteiger partial charge is 0.329 e. The summed E-state index contributed by atoms with van der Waals surface area (Å²) in [5, 5.41) is 11.8. The average molecular weight is 830 g/mol. The lowest BCUT2D eigenvalue weighted by Gasteiger charge is -2.40. The van der Waals surface area contributed by atoms with E-state index >= 15 is 0 Å². The normalized spacial score (nSPS) is 24.1. The minimum absolute atomic E-state index is 0.101. The number of piperidine rings is 2. The van der Waals surface area contributed by atoms with Gasteiger partial charge in [-0.1, -0.05) is 12.1 Å². The summed E-state index contributed by atoms with van der Waals surface area (Å²) in [4.78, 5) is 58.9. The van der Waals surface area contributed by atoms with Crippen molar-refractivity contribution in [3.8, 4) is 5.75 Å². The van der Waals surface area contributed by atoms with Gasteiger partial charge >= 0.3 is 5.69 Å². The van der Waals surface area contributed by atoms with E-state index in [0.29, 0.717) is 48.9 Å². The van der Waals surface area contributed by atoms with Crippen LogP contribution in [0.25, 0.3) is 21.9 Å². The number of ether oxygens (including phenoxy) is 2. The highest BCUT2D eigenvalue weighted by Gasteiger charge is 2.34. The predicted octanol–water partition coefficient (Wildman–Crippen LogP) is 5.24. The number of para-hydroxylation sites is 1. The second-order valence-corrected chi connectivity index (χ2v) is 17.8. The van der Waals surface area contributed by atoms with Gasteiger partial charge < -0.3 is 29.5 Å². The molecule has 4 bridgehead atoms. The number of hydrogen-bond acceptors (Lipinski definition) is 10. The minimum atomic E-state index is -0.697. The van der Waals surface area contributed by atoms with Crippen molar-refractivity contribution in [2.45, 2.75) is 82.0 Å². The highest BCUT2D eigenvalue weighted by atomic mass is 16.5. The van der Waals surface area contributed by atoms with Gasteiger partial charge in [0.2, 0.25) is 11.8 Å². The lowest BCUT2D eigenvalue weighted by Crippen LogP contribution is -2.45. The SMILES string of the molecule is CN(CC1CCC(n2cc3cc4c(cc3n2)N2CC[C@@H](C2)OCCOc2cccc(c2)C(=O)N4)CC1)C1CCN(c2cccc3c2n(C)c(=O)n3C2CCC(=O)NC2=O)CC1. The van der Waals surface area contributed by atoms with Gasteiger partial charge in [0.15, 0.2) is 0 Å². The van der Waals surface area contributed by atoms with E-state index < -0.39 is 11.9 Å². The van der Waals surface area contributed by atoms with Gasteiger partial charge in [-0.3, -0.25) is 33.5 Å². The van der Waals surface area contributed by atoms with E-state index in [-0.39, 0.29) is 30.0 Å². The van der Waals surface area contributed by atoms with Gasteiger partial charge in [-0.15, -0.1) is 0 Å². The Morgan fingerprint density at radius 2 is 1.64 bits per heavy atom. The van der Waals surface area contributed by atoms with E-state index in [1.54, 1.807) is 22.2 Å². The van der Waals surface area contributed by atoms with E-state index in [1.807, 2.05) is 30.3 Å². The molecule has 320 valence electrons. The van der Waals surface area contributed by atoms with Crippen LogP contribution in [0.4, 0.5) is 17.1 Å². The number of rotatable bonds is 6. The van der Waals surface area contributed by atoms with Crippen LogP contribution >= 0.6 is 0 Å². The van der Waals surface area contributed by atoms with Crippen molar-refractivity contribution in [2.75, 3.05) is 68.1 Å². The van der Waals surface area contributed by atoms with Crippen LogP contribution in [-0.2, 0) is 21.4 Å². The fourth-order valence-corrected chi connectivity index (χ4v) is 10.6. The third kappa shape index (κ3) is 7.66. The molecule has 2 N–H and O–H groups in total. The molecule has 5 aliphatic rings. The van der Waals surface area contributed by atoms with Crippen LogP contribution in [0.2, 0.25) is 0 Å². The van der Waals surface area contributed by atoms with E-state index in [4.69, 9.17) is 14.6 Å². The lowest BCUT2D eigenvalue weighted by atomic mass is 9.85. The van der Waals surface area contributed by atoms with Gasteiger partial charge in [0, 0.05) is 69.4 Å². The maximum Gasteiger partial charge on any atom is 0.329 e. The maximum absolute atomic E-state index is 13.5. The number of hydrogen-bond donors (Lipinski definition) is 2. The first-order chi connectivity index (χ1) is 29.7. The number of benzene rings is 3. The molecule has 5 aromatic rings. The second kappa shape index (κ2) is 16.3. The Balaban J connectivity index is 0.776. The molecule has 2 atom stereocenters. The number of aryl methyl sites for hydroxylation is 1. The molecule has 10 rings (SSSR count). The number of aromatic nitrogens is 4. The van der Waals surface area contributed by atoms with E-state index in [9.17, 15) is 19.2 Å². The van der Waals surface area contributed by atoms with Gasteiger partial charge in [0.25, 0.3) is 5.91 Å². The summed E-state index contributed by atoms with van der Waals surface area (Å²) >= 11 is 0. The zero-order valence-electron chi connectivity index (χ0n) is 35.1. The van der Waals surface area contributed by atoms with Crippen LogP contribution in [-0.4, -0.2) is 107 Å².